The van der Waals surface area contributed by atoms with E-state index < -0.39 is 41.9 Å². The first-order valence-corrected chi connectivity index (χ1v) is 26.3. The molecule has 0 saturated carbocycles. The lowest BCUT2D eigenvalue weighted by molar-refractivity contribution is -0.667. The third-order valence-corrected chi connectivity index (χ3v) is 13.9. The van der Waals surface area contributed by atoms with Crippen LogP contribution in [0, 0.1) is 25.2 Å². The summed E-state index contributed by atoms with van der Waals surface area (Å²) in [4.78, 5) is 96.0. The zero-order chi connectivity index (χ0) is 56.8. The first kappa shape index (κ1) is 61.5. The van der Waals surface area contributed by atoms with Gasteiger partial charge in [0, 0.05) is 67.4 Å². The average Bonchev–Trinajstić information content (AvgIpc) is 4.18. The number of allylic oxidation sites excluding steroid dienone is 3. The first-order valence-electron chi connectivity index (χ1n) is 26.3. The molecule has 80 heavy (non-hydrogen) atoms. The summed E-state index contributed by atoms with van der Waals surface area (Å²) in [5.74, 6) is -4.53. The zero-order valence-corrected chi connectivity index (χ0v) is 45.5. The minimum Gasteiger partial charge on any atom is -0.379 e. The van der Waals surface area contributed by atoms with Crippen LogP contribution in [0.3, 0.4) is 0 Å². The van der Waals surface area contributed by atoms with Gasteiger partial charge < -0.3 is 54.0 Å². The maximum Gasteiger partial charge on any atom is 0.395 e. The number of hydrogen-bond acceptors (Lipinski definition) is 12. The van der Waals surface area contributed by atoms with Crippen molar-refractivity contribution in [3.05, 3.63) is 109 Å². The number of ether oxygens (including phenoxy) is 3. The summed E-state index contributed by atoms with van der Waals surface area (Å²) >= 11 is 0. The number of ketones is 1. The molecule has 0 fully saturated rings. The number of fused-ring (bicyclic) bond motifs is 2. The van der Waals surface area contributed by atoms with Gasteiger partial charge in [-0.25, -0.2) is 9.36 Å². The highest BCUT2D eigenvalue weighted by Crippen LogP contribution is 2.39. The highest BCUT2D eigenvalue weighted by molar-refractivity contribution is 6.13. The van der Waals surface area contributed by atoms with E-state index in [4.69, 9.17) is 25.7 Å². The Labute approximate surface area is 462 Å². The number of anilines is 3. The number of amides is 7. The Balaban J connectivity index is 0.0000103. The number of carbonyl (C=O) groups excluding carboxylic acids is 7. The van der Waals surface area contributed by atoms with Gasteiger partial charge in [0.2, 0.25) is 35.5 Å². The molecule has 3 atom stereocenters. The predicted molar refractivity (Wildman–Crippen MR) is 293 cm³/mol. The number of primary amides is 1. The fourth-order valence-corrected chi connectivity index (χ4v) is 9.79. The van der Waals surface area contributed by atoms with Crippen LogP contribution in [0.25, 0.3) is 22.2 Å². The highest BCUT2D eigenvalue weighted by Gasteiger charge is 2.39. The Kier molecular flexibility index (Phi) is 21.8. The smallest absolute Gasteiger partial charge is 0.379 e. The molecule has 0 spiro atoms. The molecule has 4 aromatic rings. The molecule has 1 aliphatic carbocycles. The number of nitrogen functional groups attached to an aromatic ring is 1. The number of hydrogen-bond donors (Lipinski definition) is 5. The summed E-state index contributed by atoms with van der Waals surface area (Å²) in [6, 6.07) is 11.4. The molecule has 7 N–H and O–H groups in total. The van der Waals surface area contributed by atoms with Crippen molar-refractivity contribution in [2.45, 2.75) is 77.6 Å². The van der Waals surface area contributed by atoms with Gasteiger partial charge in [-0.2, -0.15) is 13.2 Å². The quantitative estimate of drug-likeness (QED) is 0.0207. The molecule has 20 nitrogen and oxygen atoms in total. The van der Waals surface area contributed by atoms with E-state index in [1.165, 1.54) is 18.2 Å². The minimum absolute atomic E-state index is 0. The lowest BCUT2D eigenvalue weighted by atomic mass is 9.89. The molecular formula is C57H71F3N10O10. The number of nitrogens with two attached hydrogens (primary N) is 2. The number of aryl methyl sites for hydroxylation is 1. The maximum atomic E-state index is 13.9. The number of imide groups is 1. The predicted octanol–water partition coefficient (Wildman–Crippen LogP) is 5.42. The number of nitrogens with one attached hydrogen (secondary N) is 3. The third-order valence-electron chi connectivity index (χ3n) is 13.9. The molecule has 7 amide bonds. The second-order valence-corrected chi connectivity index (χ2v) is 20.0. The number of Topliss-reactive ketones (excluding diaryl/α,β-unsaturated/α-hetero) is 1. The van der Waals surface area contributed by atoms with Gasteiger partial charge in [0.05, 0.1) is 77.9 Å². The van der Waals surface area contributed by atoms with Crippen LogP contribution in [-0.4, -0.2) is 127 Å². The Bertz CT molecular complexity index is 2970. The first-order chi connectivity index (χ1) is 37.8. The van der Waals surface area contributed by atoms with Crippen LogP contribution in [0.1, 0.15) is 63.5 Å². The SMILES string of the molecule is CC(C)[C@H](NC(=O)CCOCCOCCOCCN1C(=O)C=CC1=O)C(=O)C[C@@H](CCCNC(N)=O)C(=O)Nc1ccc(C[n+]2cnc(N)c3c(-c4ccc5c(c4)CCN5C(=O)CC4=CC=CC(C(F)(F)F)C4)cn(C)c32)cc1.[CH3-]. The fourth-order valence-electron chi connectivity index (χ4n) is 9.79. The molecular weight excluding hydrogens is 1040 g/mol. The van der Waals surface area contributed by atoms with Gasteiger partial charge in [-0.05, 0) is 72.6 Å². The van der Waals surface area contributed by atoms with Gasteiger partial charge in [-0.3, -0.25) is 38.2 Å². The van der Waals surface area contributed by atoms with Crippen LogP contribution in [0.5, 0.6) is 0 Å². The van der Waals surface area contributed by atoms with Crippen molar-refractivity contribution in [2.24, 2.45) is 30.5 Å². The van der Waals surface area contributed by atoms with Crippen molar-refractivity contribution in [1.82, 2.24) is 25.1 Å². The number of rotatable bonds is 28. The third kappa shape index (κ3) is 16.4. The lowest BCUT2D eigenvalue weighted by Gasteiger charge is -2.24. The topological polar surface area (TPSA) is 263 Å². The van der Waals surface area contributed by atoms with Crippen LogP contribution >= 0.6 is 0 Å². The van der Waals surface area contributed by atoms with Crippen molar-refractivity contribution in [2.75, 3.05) is 75.2 Å². The van der Waals surface area contributed by atoms with E-state index in [2.05, 4.69) is 20.9 Å². The number of halogens is 3. The monoisotopic (exact) mass is 1110 g/mol. The van der Waals surface area contributed by atoms with Gasteiger partial charge in [-0.1, -0.05) is 60.8 Å². The van der Waals surface area contributed by atoms with Crippen molar-refractivity contribution in [1.29, 1.82) is 0 Å². The summed E-state index contributed by atoms with van der Waals surface area (Å²) in [6.45, 7) is 5.95. The Morgan fingerprint density at radius 2 is 1.62 bits per heavy atom. The Morgan fingerprint density at radius 3 is 2.30 bits per heavy atom. The standard InChI is InChI=1S/C56H67F3N10O10.CH3/c1-35(2)51(65-46(71)18-22-77-24-26-79-27-25-78-23-21-69-47(72)15-16-48(69)73)45(70)31-40(7-5-19-62-55(61)76)53(75)64-42-12-9-36(10-13-42)32-67-34-63-52(60)50-43(33-66(3)54(50)67)38-11-14-44-39(30-38)17-20-68(44)49(74)29-37-6-4-8-41(28-37)56(57,58)59;/h4,6,8-16,30,33-35,40-41,51,60H,5,7,17-29,31-32H2,1-3H3,(H5,61,62,64,65,71,75,76);1H3/q;-1/p+1/t40-,41?,51+;/m1./s1. The Hall–Kier alpha value is -7.76. The zero-order valence-electron chi connectivity index (χ0n) is 45.5. The number of alkyl halides is 3. The molecule has 0 bridgehead atoms. The van der Waals surface area contributed by atoms with E-state index in [9.17, 15) is 46.7 Å². The molecule has 2 aliphatic heterocycles. The fraction of sp³-hybridized carbons (Fsp3) is 0.439. The van der Waals surface area contributed by atoms with Crippen LogP contribution in [-0.2, 0) is 63.0 Å². The normalized spacial score (nSPS) is 15.7. The van der Waals surface area contributed by atoms with Gasteiger partial charge in [0.25, 0.3) is 11.8 Å². The highest BCUT2D eigenvalue weighted by atomic mass is 19.4. The van der Waals surface area contributed by atoms with Crippen LogP contribution in [0.2, 0.25) is 0 Å². The van der Waals surface area contributed by atoms with E-state index in [-0.39, 0.29) is 122 Å². The molecule has 430 valence electrons. The molecule has 7 rings (SSSR count). The van der Waals surface area contributed by atoms with Crippen LogP contribution in [0.15, 0.2) is 90.9 Å². The summed E-state index contributed by atoms with van der Waals surface area (Å²) in [5.41, 5.74) is 17.8. The van der Waals surface area contributed by atoms with Gasteiger partial charge >= 0.3 is 12.2 Å². The second kappa shape index (κ2) is 28.4. The van der Waals surface area contributed by atoms with Crippen molar-refractivity contribution >= 4 is 69.6 Å². The van der Waals surface area contributed by atoms with E-state index in [1.807, 2.05) is 52.7 Å². The second-order valence-electron chi connectivity index (χ2n) is 20.0. The average molecular weight is 1110 g/mol. The van der Waals surface area contributed by atoms with Gasteiger partial charge in [0.1, 0.15) is 5.39 Å². The molecule has 23 heteroatoms. The van der Waals surface area contributed by atoms with E-state index in [1.54, 1.807) is 43.3 Å². The van der Waals surface area contributed by atoms with E-state index in [0.29, 0.717) is 43.0 Å². The molecule has 0 radical (unpaired) electrons. The van der Waals surface area contributed by atoms with E-state index >= 15 is 0 Å². The number of nitrogens with zero attached hydrogens (tertiary/aromatic N) is 5. The summed E-state index contributed by atoms with van der Waals surface area (Å²) < 4.78 is 60.6. The Morgan fingerprint density at radius 1 is 0.938 bits per heavy atom. The van der Waals surface area contributed by atoms with Gasteiger partial charge in [0.15, 0.2) is 5.78 Å². The van der Waals surface area contributed by atoms with Crippen LogP contribution < -0.4 is 36.9 Å². The van der Waals surface area contributed by atoms with Crippen molar-refractivity contribution in [3.8, 4) is 11.1 Å². The maximum absolute atomic E-state index is 13.9. The van der Waals surface area contributed by atoms with Gasteiger partial charge in [-0.15, -0.1) is 0 Å². The summed E-state index contributed by atoms with van der Waals surface area (Å²) in [6.07, 6.45) is 6.40. The van der Waals surface area contributed by atoms with E-state index in [0.717, 1.165) is 50.0 Å². The van der Waals surface area contributed by atoms with Crippen molar-refractivity contribution < 1.29 is 65.5 Å². The number of carbonyl (C=O) groups is 7. The molecule has 2 aromatic heterocycles. The summed E-state index contributed by atoms with van der Waals surface area (Å²) in [7, 11) is 1.90. The van der Waals surface area contributed by atoms with Crippen LogP contribution in [0.4, 0.5) is 35.2 Å². The number of urea groups is 1. The lowest BCUT2D eigenvalue weighted by Crippen LogP contribution is -2.45. The van der Waals surface area contributed by atoms with Crippen molar-refractivity contribution in [3.63, 3.8) is 0 Å². The molecule has 4 heterocycles. The number of aromatic nitrogens is 3. The largest absolute Gasteiger partial charge is 0.395 e. The molecule has 3 aliphatic rings. The molecule has 0 saturated heterocycles. The minimum atomic E-state index is -4.37. The molecule has 2 aromatic carbocycles. The number of benzene rings is 2. The molecule has 1 unspecified atom stereocenters. The summed E-state index contributed by atoms with van der Waals surface area (Å²) in [5, 5.41) is 8.98.